The van der Waals surface area contributed by atoms with Crippen molar-refractivity contribution in [1.29, 1.82) is 0 Å². The van der Waals surface area contributed by atoms with Crippen LogP contribution in [-0.2, 0) is 16.1 Å². The van der Waals surface area contributed by atoms with Gasteiger partial charge in [-0.1, -0.05) is 6.07 Å². The molecule has 108 valence electrons. The number of aromatic nitrogens is 1. The molecule has 0 unspecified atom stereocenters. The summed E-state index contributed by atoms with van der Waals surface area (Å²) in [5.41, 5.74) is -0.990. The van der Waals surface area contributed by atoms with Crippen LogP contribution in [0.5, 0.6) is 0 Å². The summed E-state index contributed by atoms with van der Waals surface area (Å²) in [4.78, 5) is 36.3. The fourth-order valence-corrected chi connectivity index (χ4v) is 2.37. The molecule has 1 aliphatic heterocycles. The molecule has 0 radical (unpaired) electrons. The maximum absolute atomic E-state index is 12.1. The number of nitrogens with zero attached hydrogens (tertiary/aromatic N) is 2. The van der Waals surface area contributed by atoms with E-state index in [-0.39, 0.29) is 24.4 Å². The highest BCUT2D eigenvalue weighted by Gasteiger charge is 2.41. The minimum atomic E-state index is -0.868. The first-order chi connectivity index (χ1) is 9.42. The SMILES string of the molecule is C[C@]1(C(=O)O)CCN(C(=O)CCn2ccccc2=O)C1. The average Bonchev–Trinajstić information content (AvgIpc) is 2.82. The van der Waals surface area contributed by atoms with Crippen LogP contribution in [0.4, 0.5) is 0 Å². The zero-order valence-corrected chi connectivity index (χ0v) is 11.4. The quantitative estimate of drug-likeness (QED) is 0.873. The van der Waals surface area contributed by atoms with Gasteiger partial charge in [-0.05, 0) is 19.4 Å². The molecule has 1 atom stereocenters. The molecular formula is C14H18N2O4. The van der Waals surface area contributed by atoms with E-state index in [4.69, 9.17) is 5.11 Å². The molecule has 0 aromatic carbocycles. The Morgan fingerprint density at radius 3 is 2.75 bits per heavy atom. The van der Waals surface area contributed by atoms with Gasteiger partial charge in [0.15, 0.2) is 0 Å². The lowest BCUT2D eigenvalue weighted by Gasteiger charge is -2.20. The van der Waals surface area contributed by atoms with Crippen molar-refractivity contribution in [3.8, 4) is 0 Å². The van der Waals surface area contributed by atoms with Crippen LogP contribution in [0.3, 0.4) is 0 Å². The lowest BCUT2D eigenvalue weighted by Crippen LogP contribution is -2.35. The second-order valence-electron chi connectivity index (χ2n) is 5.41. The number of carbonyl (C=O) groups is 2. The number of pyridine rings is 1. The van der Waals surface area contributed by atoms with E-state index in [1.54, 1.807) is 30.2 Å². The number of amides is 1. The molecule has 2 heterocycles. The van der Waals surface area contributed by atoms with Gasteiger partial charge >= 0.3 is 5.97 Å². The summed E-state index contributed by atoms with van der Waals surface area (Å²) in [6, 6.07) is 4.84. The van der Waals surface area contributed by atoms with Crippen molar-refractivity contribution < 1.29 is 14.7 Å². The third-order valence-corrected chi connectivity index (χ3v) is 3.81. The zero-order valence-electron chi connectivity index (χ0n) is 11.4. The lowest BCUT2D eigenvalue weighted by molar-refractivity contribution is -0.147. The largest absolute Gasteiger partial charge is 0.481 e. The topological polar surface area (TPSA) is 79.6 Å². The van der Waals surface area contributed by atoms with Gasteiger partial charge < -0.3 is 14.6 Å². The lowest BCUT2D eigenvalue weighted by atomic mass is 9.90. The van der Waals surface area contributed by atoms with E-state index in [9.17, 15) is 14.4 Å². The van der Waals surface area contributed by atoms with E-state index in [1.165, 1.54) is 10.6 Å². The summed E-state index contributed by atoms with van der Waals surface area (Å²) >= 11 is 0. The summed E-state index contributed by atoms with van der Waals surface area (Å²) < 4.78 is 1.48. The molecule has 0 saturated carbocycles. The van der Waals surface area contributed by atoms with Crippen molar-refractivity contribution in [2.45, 2.75) is 26.3 Å². The molecule has 0 aliphatic carbocycles. The fraction of sp³-hybridized carbons (Fsp3) is 0.500. The van der Waals surface area contributed by atoms with Crippen molar-refractivity contribution in [1.82, 2.24) is 9.47 Å². The number of carboxylic acid groups (broad SMARTS) is 1. The summed E-state index contributed by atoms with van der Waals surface area (Å²) in [6.45, 7) is 2.68. The van der Waals surface area contributed by atoms with Crippen molar-refractivity contribution in [3.05, 3.63) is 34.7 Å². The van der Waals surface area contributed by atoms with Gasteiger partial charge in [-0.25, -0.2) is 0 Å². The predicted molar refractivity (Wildman–Crippen MR) is 72.3 cm³/mol. The number of aryl methyl sites for hydroxylation is 1. The Balaban J connectivity index is 1.93. The number of likely N-dealkylation sites (tertiary alicyclic amines) is 1. The predicted octanol–water partition coefficient (Wildman–Crippen LogP) is 0.562. The van der Waals surface area contributed by atoms with Crippen molar-refractivity contribution in [3.63, 3.8) is 0 Å². The van der Waals surface area contributed by atoms with Crippen LogP contribution in [0.25, 0.3) is 0 Å². The van der Waals surface area contributed by atoms with Gasteiger partial charge in [0.1, 0.15) is 0 Å². The molecule has 1 amide bonds. The fourth-order valence-electron chi connectivity index (χ4n) is 2.37. The van der Waals surface area contributed by atoms with Gasteiger partial charge in [-0.2, -0.15) is 0 Å². The van der Waals surface area contributed by atoms with Gasteiger partial charge in [0, 0.05) is 38.3 Å². The summed E-state index contributed by atoms with van der Waals surface area (Å²) in [6.07, 6.45) is 2.32. The Morgan fingerprint density at radius 1 is 1.40 bits per heavy atom. The molecule has 1 saturated heterocycles. The van der Waals surface area contributed by atoms with E-state index in [0.29, 0.717) is 19.5 Å². The number of carboxylic acids is 1. The summed E-state index contributed by atoms with van der Waals surface area (Å²) in [5, 5.41) is 9.13. The first kappa shape index (κ1) is 14.3. The summed E-state index contributed by atoms with van der Waals surface area (Å²) in [5.74, 6) is -0.974. The Morgan fingerprint density at radius 2 is 2.15 bits per heavy atom. The molecule has 6 heteroatoms. The number of rotatable bonds is 4. The molecular weight excluding hydrogens is 260 g/mol. The van der Waals surface area contributed by atoms with Crippen LogP contribution in [0.1, 0.15) is 19.8 Å². The second kappa shape index (κ2) is 5.48. The van der Waals surface area contributed by atoms with E-state index in [0.717, 1.165) is 0 Å². The summed E-state index contributed by atoms with van der Waals surface area (Å²) in [7, 11) is 0. The van der Waals surface area contributed by atoms with Crippen molar-refractivity contribution in [2.24, 2.45) is 5.41 Å². The normalized spacial score (nSPS) is 21.9. The van der Waals surface area contributed by atoms with Crippen LogP contribution < -0.4 is 5.56 Å². The zero-order chi connectivity index (χ0) is 14.8. The molecule has 6 nitrogen and oxygen atoms in total. The minimum Gasteiger partial charge on any atom is -0.481 e. The molecule has 1 N–H and O–H groups in total. The molecule has 1 aromatic rings. The number of aliphatic carboxylic acids is 1. The smallest absolute Gasteiger partial charge is 0.311 e. The Labute approximate surface area is 116 Å². The molecule has 20 heavy (non-hydrogen) atoms. The maximum atomic E-state index is 12.1. The van der Waals surface area contributed by atoms with Crippen LogP contribution in [0.2, 0.25) is 0 Å². The molecule has 0 spiro atoms. The van der Waals surface area contributed by atoms with Crippen molar-refractivity contribution in [2.75, 3.05) is 13.1 Å². The Bertz CT molecular complexity index is 581. The number of carbonyl (C=O) groups excluding carboxylic acids is 1. The highest BCUT2D eigenvalue weighted by molar-refractivity contribution is 5.80. The van der Waals surface area contributed by atoms with E-state index < -0.39 is 11.4 Å². The highest BCUT2D eigenvalue weighted by atomic mass is 16.4. The molecule has 1 aliphatic rings. The van der Waals surface area contributed by atoms with Gasteiger partial charge in [0.2, 0.25) is 5.91 Å². The maximum Gasteiger partial charge on any atom is 0.311 e. The van der Waals surface area contributed by atoms with Gasteiger partial charge in [-0.15, -0.1) is 0 Å². The first-order valence-corrected chi connectivity index (χ1v) is 6.59. The van der Waals surface area contributed by atoms with Gasteiger partial charge in [-0.3, -0.25) is 14.4 Å². The molecule has 1 fully saturated rings. The molecule has 0 bridgehead atoms. The van der Waals surface area contributed by atoms with Gasteiger partial charge in [0.25, 0.3) is 5.56 Å². The third-order valence-electron chi connectivity index (χ3n) is 3.81. The van der Waals surface area contributed by atoms with E-state index in [1.807, 2.05) is 0 Å². The van der Waals surface area contributed by atoms with Gasteiger partial charge in [0.05, 0.1) is 5.41 Å². The van der Waals surface area contributed by atoms with Crippen LogP contribution in [0, 0.1) is 5.41 Å². The van der Waals surface area contributed by atoms with Crippen molar-refractivity contribution >= 4 is 11.9 Å². The third kappa shape index (κ3) is 2.89. The Hall–Kier alpha value is -2.11. The minimum absolute atomic E-state index is 0.106. The van der Waals surface area contributed by atoms with E-state index >= 15 is 0 Å². The first-order valence-electron chi connectivity index (χ1n) is 6.59. The monoisotopic (exact) mass is 278 g/mol. The highest BCUT2D eigenvalue weighted by Crippen LogP contribution is 2.30. The number of hydrogen-bond donors (Lipinski definition) is 1. The Kier molecular flexibility index (Phi) is 3.92. The molecule has 2 rings (SSSR count). The number of hydrogen-bond acceptors (Lipinski definition) is 3. The average molecular weight is 278 g/mol. The second-order valence-corrected chi connectivity index (χ2v) is 5.41. The van der Waals surface area contributed by atoms with Crippen LogP contribution in [0.15, 0.2) is 29.2 Å². The molecule has 1 aromatic heterocycles. The van der Waals surface area contributed by atoms with Crippen LogP contribution >= 0.6 is 0 Å². The van der Waals surface area contributed by atoms with E-state index in [2.05, 4.69) is 0 Å². The standard InChI is InChI=1S/C14H18N2O4/c1-14(13(19)20)6-9-16(10-14)12(18)5-8-15-7-3-2-4-11(15)17/h2-4,7H,5-6,8-10H2,1H3,(H,19,20)/t14-/m0/s1. The van der Waals surface area contributed by atoms with Crippen LogP contribution in [-0.4, -0.2) is 39.5 Å².